The first-order chi connectivity index (χ1) is 12.4. The van der Waals surface area contributed by atoms with Gasteiger partial charge in [-0.25, -0.2) is 0 Å². The Bertz CT molecular complexity index is 791. The molecule has 0 amide bonds. The number of allylic oxidation sites excluding steroid dienone is 5. The largest absolute Gasteiger partial charge is 0.456 e. The molecule has 1 fully saturated rings. The molecule has 1 saturated carbocycles. The first kappa shape index (κ1) is 18.8. The summed E-state index contributed by atoms with van der Waals surface area (Å²) in [7, 11) is 0. The second kappa shape index (κ2) is 5.52. The maximum atomic E-state index is 14.3. The van der Waals surface area contributed by atoms with E-state index in [9.17, 15) is 31.9 Å². The predicted octanol–water partition coefficient (Wildman–Crippen LogP) is 4.90. The molecule has 0 aromatic rings. The Morgan fingerprint density at radius 1 is 1.11 bits per heavy atom. The van der Waals surface area contributed by atoms with Gasteiger partial charge in [-0.1, -0.05) is 19.1 Å². The number of carbonyl (C=O) groups is 1. The van der Waals surface area contributed by atoms with Crippen molar-refractivity contribution in [1.29, 1.82) is 0 Å². The topological polar surface area (TPSA) is 37.3 Å². The van der Waals surface area contributed by atoms with Crippen molar-refractivity contribution in [2.24, 2.45) is 17.3 Å². The molecule has 27 heavy (non-hydrogen) atoms. The van der Waals surface area contributed by atoms with Crippen LogP contribution < -0.4 is 0 Å². The number of hydrogen-bond donors (Lipinski definition) is 1. The lowest BCUT2D eigenvalue weighted by Gasteiger charge is -2.50. The van der Waals surface area contributed by atoms with Gasteiger partial charge in [0.1, 0.15) is 5.60 Å². The van der Waals surface area contributed by atoms with Gasteiger partial charge in [0.05, 0.1) is 0 Å². The summed E-state index contributed by atoms with van der Waals surface area (Å²) in [6.45, 7) is 1.33. The Morgan fingerprint density at radius 2 is 1.81 bits per heavy atom. The van der Waals surface area contributed by atoms with Crippen LogP contribution in [0.25, 0.3) is 0 Å². The molecule has 0 aromatic heterocycles. The SMILES string of the molecule is C[C@]12C=CC3=C4CCC(=O)C=C4CC[C@H]3[C@@H]1CCC2(O)C(F)(F)C(F)(F)F. The molecule has 0 heterocycles. The van der Waals surface area contributed by atoms with E-state index >= 15 is 0 Å². The van der Waals surface area contributed by atoms with Crippen molar-refractivity contribution in [1.82, 2.24) is 0 Å². The van der Waals surface area contributed by atoms with Crippen LogP contribution in [0.2, 0.25) is 0 Å². The Labute approximate surface area is 153 Å². The number of halogens is 5. The number of rotatable bonds is 1. The van der Waals surface area contributed by atoms with Gasteiger partial charge >= 0.3 is 12.1 Å². The quantitative estimate of drug-likeness (QED) is 0.649. The molecule has 4 rings (SSSR count). The lowest BCUT2D eigenvalue weighted by Crippen LogP contribution is -2.64. The average Bonchev–Trinajstić information content (AvgIpc) is 2.86. The number of ketones is 1. The molecule has 1 unspecified atom stereocenters. The Balaban J connectivity index is 1.81. The molecule has 0 spiro atoms. The summed E-state index contributed by atoms with van der Waals surface area (Å²) in [4.78, 5) is 11.7. The van der Waals surface area contributed by atoms with E-state index in [1.165, 1.54) is 13.0 Å². The minimum Gasteiger partial charge on any atom is -0.382 e. The highest BCUT2D eigenvalue weighted by Crippen LogP contribution is 2.66. The highest BCUT2D eigenvalue weighted by molar-refractivity contribution is 5.93. The fourth-order valence-corrected chi connectivity index (χ4v) is 5.76. The summed E-state index contributed by atoms with van der Waals surface area (Å²) in [6, 6.07) is 0. The standard InChI is InChI=1S/C20H21F5O2/c1-17-8-6-14-13-5-3-12(26)10-11(13)2-4-15(14)16(17)7-9-18(17,27)19(21,22)20(23,24)25/h6,8,10,15-16,27H,2-5,7,9H2,1H3/t15-,16+,17+,18?/m1/s1. The maximum Gasteiger partial charge on any atom is 0.456 e. The molecule has 0 bridgehead atoms. The molecule has 2 nitrogen and oxygen atoms in total. The van der Waals surface area contributed by atoms with Crippen LogP contribution in [0.15, 0.2) is 34.9 Å². The van der Waals surface area contributed by atoms with Crippen LogP contribution in [-0.2, 0) is 4.79 Å². The zero-order valence-corrected chi connectivity index (χ0v) is 14.9. The number of alkyl halides is 5. The molecule has 0 aromatic carbocycles. The summed E-state index contributed by atoms with van der Waals surface area (Å²) in [5, 5.41) is 10.7. The van der Waals surface area contributed by atoms with Crippen molar-refractivity contribution in [2.45, 2.75) is 63.1 Å². The molecule has 1 N–H and O–H groups in total. The molecule has 4 aliphatic carbocycles. The third-order valence-corrected chi connectivity index (χ3v) is 7.27. The van der Waals surface area contributed by atoms with E-state index in [1.54, 1.807) is 12.2 Å². The van der Waals surface area contributed by atoms with Crippen LogP contribution in [-0.4, -0.2) is 28.6 Å². The first-order valence-corrected chi connectivity index (χ1v) is 9.25. The Kier molecular flexibility index (Phi) is 3.85. The van der Waals surface area contributed by atoms with Crippen LogP contribution in [0.3, 0.4) is 0 Å². The molecule has 0 aliphatic heterocycles. The smallest absolute Gasteiger partial charge is 0.382 e. The zero-order chi connectivity index (χ0) is 19.8. The van der Waals surface area contributed by atoms with Crippen LogP contribution in [0.4, 0.5) is 22.0 Å². The summed E-state index contributed by atoms with van der Waals surface area (Å²) in [5.74, 6) is -5.77. The van der Waals surface area contributed by atoms with Crippen molar-refractivity contribution < 1.29 is 31.9 Å². The van der Waals surface area contributed by atoms with Gasteiger partial charge in [0.25, 0.3) is 0 Å². The third-order valence-electron chi connectivity index (χ3n) is 7.27. The lowest BCUT2D eigenvalue weighted by molar-refractivity contribution is -0.356. The van der Waals surface area contributed by atoms with Crippen LogP contribution in [0, 0.1) is 17.3 Å². The van der Waals surface area contributed by atoms with Crippen molar-refractivity contribution >= 4 is 5.78 Å². The molecular formula is C20H21F5O2. The van der Waals surface area contributed by atoms with Crippen molar-refractivity contribution in [3.8, 4) is 0 Å². The highest BCUT2D eigenvalue weighted by Gasteiger charge is 2.78. The fourth-order valence-electron chi connectivity index (χ4n) is 5.76. The van der Waals surface area contributed by atoms with E-state index in [1.807, 2.05) is 0 Å². The molecule has 0 saturated heterocycles. The van der Waals surface area contributed by atoms with Gasteiger partial charge in [-0.3, -0.25) is 4.79 Å². The zero-order valence-electron chi connectivity index (χ0n) is 14.9. The van der Waals surface area contributed by atoms with Crippen molar-refractivity contribution in [3.05, 3.63) is 34.9 Å². The number of fused-ring (bicyclic) bond motifs is 4. The summed E-state index contributed by atoms with van der Waals surface area (Å²) in [5.41, 5.74) is -1.88. The fraction of sp³-hybridized carbons (Fsp3) is 0.650. The minimum atomic E-state index is -5.81. The molecule has 4 aliphatic rings. The molecular weight excluding hydrogens is 367 g/mol. The van der Waals surface area contributed by atoms with Gasteiger partial charge in [0.2, 0.25) is 0 Å². The minimum absolute atomic E-state index is 0.0671. The molecule has 7 heteroatoms. The first-order valence-electron chi connectivity index (χ1n) is 9.25. The van der Waals surface area contributed by atoms with E-state index in [-0.39, 0.29) is 18.1 Å². The van der Waals surface area contributed by atoms with E-state index < -0.39 is 35.5 Å². The van der Waals surface area contributed by atoms with Gasteiger partial charge in [-0.2, -0.15) is 22.0 Å². The monoisotopic (exact) mass is 388 g/mol. The normalized spacial score (nSPS) is 39.1. The van der Waals surface area contributed by atoms with Gasteiger partial charge in [-0.15, -0.1) is 0 Å². The van der Waals surface area contributed by atoms with E-state index in [0.29, 0.717) is 25.7 Å². The summed E-state index contributed by atoms with van der Waals surface area (Å²) >= 11 is 0. The number of carbonyl (C=O) groups excluding carboxylic acids is 1. The molecule has 4 atom stereocenters. The van der Waals surface area contributed by atoms with Gasteiger partial charge in [0, 0.05) is 11.8 Å². The van der Waals surface area contributed by atoms with E-state index in [2.05, 4.69) is 0 Å². The highest BCUT2D eigenvalue weighted by atomic mass is 19.4. The van der Waals surface area contributed by atoms with Gasteiger partial charge < -0.3 is 5.11 Å². The number of aliphatic hydroxyl groups is 1. The van der Waals surface area contributed by atoms with Crippen molar-refractivity contribution in [3.63, 3.8) is 0 Å². The maximum absolute atomic E-state index is 14.3. The summed E-state index contributed by atoms with van der Waals surface area (Å²) in [6.07, 6.45) is 0.511. The van der Waals surface area contributed by atoms with Gasteiger partial charge in [0.15, 0.2) is 5.78 Å². The predicted molar refractivity (Wildman–Crippen MR) is 88.0 cm³/mol. The van der Waals surface area contributed by atoms with Crippen LogP contribution in [0.1, 0.15) is 45.4 Å². The summed E-state index contributed by atoms with van der Waals surface area (Å²) < 4.78 is 67.8. The molecule has 148 valence electrons. The average molecular weight is 388 g/mol. The Hall–Kier alpha value is -1.50. The van der Waals surface area contributed by atoms with Gasteiger partial charge in [-0.05, 0) is 66.7 Å². The second-order valence-electron chi connectivity index (χ2n) is 8.41. The third kappa shape index (κ3) is 2.30. The molecule has 0 radical (unpaired) electrons. The second-order valence-corrected chi connectivity index (χ2v) is 8.41. The van der Waals surface area contributed by atoms with Crippen molar-refractivity contribution in [2.75, 3.05) is 0 Å². The Morgan fingerprint density at radius 3 is 2.48 bits per heavy atom. The van der Waals surface area contributed by atoms with Crippen LogP contribution >= 0.6 is 0 Å². The van der Waals surface area contributed by atoms with E-state index in [0.717, 1.165) is 16.7 Å². The van der Waals surface area contributed by atoms with Crippen LogP contribution in [0.5, 0.6) is 0 Å². The lowest BCUT2D eigenvalue weighted by atomic mass is 9.57. The van der Waals surface area contributed by atoms with E-state index in [4.69, 9.17) is 0 Å². The number of hydrogen-bond acceptors (Lipinski definition) is 2.